The molecular weight excluding hydrogens is 423 g/mol. The molecule has 3 heterocycles. The number of aromatic nitrogens is 2. The number of nitrogens with zero attached hydrogens (tertiary/aromatic N) is 3. The average molecular weight is 447 g/mol. The van der Waals surface area contributed by atoms with Crippen molar-refractivity contribution < 1.29 is 12.8 Å². The second-order valence-electron chi connectivity index (χ2n) is 7.50. The minimum absolute atomic E-state index is 0.00699. The Balaban J connectivity index is 1.56. The molecule has 0 aliphatic carbocycles. The highest BCUT2D eigenvalue weighted by molar-refractivity contribution is 7.89. The maximum atomic E-state index is 13.2. The molecular formula is C21H23FN4O2S2. The van der Waals surface area contributed by atoms with Gasteiger partial charge in [-0.3, -0.25) is 4.98 Å². The van der Waals surface area contributed by atoms with Gasteiger partial charge in [0, 0.05) is 41.5 Å². The molecule has 0 radical (unpaired) electrons. The Morgan fingerprint density at radius 1 is 1.13 bits per heavy atom. The van der Waals surface area contributed by atoms with Gasteiger partial charge in [-0.05, 0) is 63.1 Å². The van der Waals surface area contributed by atoms with E-state index >= 15 is 0 Å². The van der Waals surface area contributed by atoms with Crippen LogP contribution in [0.4, 0.5) is 15.2 Å². The Bertz CT molecular complexity index is 1150. The molecule has 4 rings (SSSR count). The Hall–Kier alpha value is -2.36. The molecule has 1 N–H and O–H groups in total. The minimum Gasteiger partial charge on any atom is -0.331 e. The number of aryl methyl sites for hydroxylation is 2. The average Bonchev–Trinajstić information content (AvgIpc) is 3.12. The number of anilines is 2. The van der Waals surface area contributed by atoms with Crippen molar-refractivity contribution in [3.63, 3.8) is 0 Å². The molecule has 3 aromatic rings. The molecule has 1 fully saturated rings. The molecule has 30 heavy (non-hydrogen) atoms. The fraction of sp³-hybridized carbons (Fsp3) is 0.333. The summed E-state index contributed by atoms with van der Waals surface area (Å²) in [5.74, 6) is -0.461. The third-order valence-electron chi connectivity index (χ3n) is 5.10. The van der Waals surface area contributed by atoms with Gasteiger partial charge in [0.25, 0.3) is 0 Å². The number of benzene rings is 1. The summed E-state index contributed by atoms with van der Waals surface area (Å²) in [5.41, 5.74) is 3.58. The monoisotopic (exact) mass is 446 g/mol. The zero-order valence-corrected chi connectivity index (χ0v) is 18.4. The standard InChI is InChI=1S/C21H23FN4O2S2/c1-14-10-18(25-21-24-15(2)13-29-21)11-20(23-14)16-4-3-9-26(12-16)30(27,28)19-7-5-17(22)6-8-19/h5-8,10-11,13,16H,3-4,9,12H2,1-2H3,(H,23,24,25). The van der Waals surface area contributed by atoms with Gasteiger partial charge in [0.2, 0.25) is 10.0 Å². The molecule has 1 unspecified atom stereocenters. The number of piperidine rings is 1. The van der Waals surface area contributed by atoms with E-state index in [2.05, 4.69) is 15.3 Å². The van der Waals surface area contributed by atoms with Gasteiger partial charge in [-0.15, -0.1) is 11.3 Å². The zero-order valence-electron chi connectivity index (χ0n) is 16.8. The second kappa shape index (κ2) is 8.41. The molecule has 6 nitrogen and oxygen atoms in total. The first-order valence-electron chi connectivity index (χ1n) is 9.75. The number of rotatable bonds is 5. The normalized spacial score (nSPS) is 17.8. The summed E-state index contributed by atoms with van der Waals surface area (Å²) in [7, 11) is -3.67. The molecule has 1 aliphatic heterocycles. The third-order valence-corrected chi connectivity index (χ3v) is 7.85. The molecule has 1 aromatic carbocycles. The topological polar surface area (TPSA) is 75.2 Å². The Labute approximate surface area is 179 Å². The Morgan fingerprint density at radius 2 is 1.90 bits per heavy atom. The highest BCUT2D eigenvalue weighted by Gasteiger charge is 2.31. The molecule has 1 saturated heterocycles. The number of thiazole rings is 1. The fourth-order valence-corrected chi connectivity index (χ4v) is 5.90. The first-order valence-corrected chi connectivity index (χ1v) is 12.1. The summed E-state index contributed by atoms with van der Waals surface area (Å²) in [5, 5.41) is 6.11. The summed E-state index contributed by atoms with van der Waals surface area (Å²) in [6.07, 6.45) is 1.61. The van der Waals surface area contributed by atoms with Crippen LogP contribution in [0.3, 0.4) is 0 Å². The molecule has 158 valence electrons. The van der Waals surface area contributed by atoms with Crippen molar-refractivity contribution >= 4 is 32.2 Å². The predicted octanol–water partition coefficient (Wildman–Crippen LogP) is 4.61. The molecule has 1 atom stereocenters. The van der Waals surface area contributed by atoms with Crippen molar-refractivity contribution in [1.82, 2.24) is 14.3 Å². The van der Waals surface area contributed by atoms with Gasteiger partial charge < -0.3 is 5.32 Å². The minimum atomic E-state index is -3.67. The van der Waals surface area contributed by atoms with Crippen molar-refractivity contribution in [3.05, 3.63) is 64.7 Å². The molecule has 0 bridgehead atoms. The van der Waals surface area contributed by atoms with E-state index < -0.39 is 15.8 Å². The second-order valence-corrected chi connectivity index (χ2v) is 10.3. The van der Waals surface area contributed by atoms with Crippen LogP contribution in [0.5, 0.6) is 0 Å². The van der Waals surface area contributed by atoms with Crippen LogP contribution in [0.1, 0.15) is 35.8 Å². The van der Waals surface area contributed by atoms with E-state index in [0.717, 1.165) is 40.7 Å². The molecule has 1 aliphatic rings. The quantitative estimate of drug-likeness (QED) is 0.620. The number of sulfonamides is 1. The summed E-state index contributed by atoms with van der Waals surface area (Å²) >= 11 is 1.54. The number of halogens is 1. The maximum absolute atomic E-state index is 13.2. The van der Waals surface area contributed by atoms with Crippen LogP contribution in [0.25, 0.3) is 0 Å². The smallest absolute Gasteiger partial charge is 0.243 e. The van der Waals surface area contributed by atoms with Crippen molar-refractivity contribution in [2.24, 2.45) is 0 Å². The lowest BCUT2D eigenvalue weighted by atomic mass is 9.95. The SMILES string of the molecule is Cc1cc(Nc2nc(C)cs2)cc(C2CCCN(S(=O)(=O)c3ccc(F)cc3)C2)n1. The Kier molecular flexibility index (Phi) is 5.86. The number of nitrogens with one attached hydrogen (secondary N) is 1. The van der Waals surface area contributed by atoms with Gasteiger partial charge >= 0.3 is 0 Å². The van der Waals surface area contributed by atoms with Crippen molar-refractivity contribution in [2.45, 2.75) is 37.5 Å². The highest BCUT2D eigenvalue weighted by Crippen LogP contribution is 2.31. The van der Waals surface area contributed by atoms with Gasteiger partial charge in [-0.25, -0.2) is 17.8 Å². The van der Waals surface area contributed by atoms with E-state index in [0.29, 0.717) is 13.1 Å². The van der Waals surface area contributed by atoms with Crippen LogP contribution in [0.15, 0.2) is 46.7 Å². The van der Waals surface area contributed by atoms with E-state index in [4.69, 9.17) is 0 Å². The van der Waals surface area contributed by atoms with Gasteiger partial charge in [-0.1, -0.05) is 0 Å². The summed E-state index contributed by atoms with van der Waals surface area (Å²) in [4.78, 5) is 9.23. The van der Waals surface area contributed by atoms with Crippen molar-refractivity contribution in [1.29, 1.82) is 0 Å². The van der Waals surface area contributed by atoms with Crippen molar-refractivity contribution in [2.75, 3.05) is 18.4 Å². The predicted molar refractivity (Wildman–Crippen MR) is 116 cm³/mol. The summed E-state index contributed by atoms with van der Waals surface area (Å²) < 4.78 is 40.7. The molecule has 2 aromatic heterocycles. The van der Waals surface area contributed by atoms with Crippen LogP contribution in [-0.4, -0.2) is 35.8 Å². The number of hydrogen-bond acceptors (Lipinski definition) is 6. The first kappa shape index (κ1) is 20.9. The lowest BCUT2D eigenvalue weighted by Crippen LogP contribution is -2.39. The van der Waals surface area contributed by atoms with Crippen LogP contribution in [0, 0.1) is 19.7 Å². The lowest BCUT2D eigenvalue weighted by molar-refractivity contribution is 0.312. The van der Waals surface area contributed by atoms with Gasteiger partial charge in [0.1, 0.15) is 5.82 Å². The van der Waals surface area contributed by atoms with E-state index in [1.807, 2.05) is 31.4 Å². The summed E-state index contributed by atoms with van der Waals surface area (Å²) in [6, 6.07) is 8.91. The van der Waals surface area contributed by atoms with E-state index in [1.165, 1.54) is 39.9 Å². The third kappa shape index (κ3) is 4.53. The van der Waals surface area contributed by atoms with E-state index in [-0.39, 0.29) is 10.8 Å². The molecule has 0 amide bonds. The number of hydrogen-bond donors (Lipinski definition) is 1. The van der Waals surface area contributed by atoms with Crippen LogP contribution in [-0.2, 0) is 10.0 Å². The molecule has 9 heteroatoms. The molecule has 0 saturated carbocycles. The number of pyridine rings is 1. The highest BCUT2D eigenvalue weighted by atomic mass is 32.2. The van der Waals surface area contributed by atoms with E-state index in [9.17, 15) is 12.8 Å². The molecule has 0 spiro atoms. The van der Waals surface area contributed by atoms with Gasteiger partial charge in [-0.2, -0.15) is 4.31 Å². The van der Waals surface area contributed by atoms with Crippen LogP contribution >= 0.6 is 11.3 Å². The lowest BCUT2D eigenvalue weighted by Gasteiger charge is -2.32. The van der Waals surface area contributed by atoms with Gasteiger partial charge in [0.05, 0.1) is 10.6 Å². The largest absolute Gasteiger partial charge is 0.331 e. The Morgan fingerprint density at radius 3 is 2.60 bits per heavy atom. The van der Waals surface area contributed by atoms with Crippen LogP contribution < -0.4 is 5.32 Å². The van der Waals surface area contributed by atoms with Crippen molar-refractivity contribution in [3.8, 4) is 0 Å². The van der Waals surface area contributed by atoms with Gasteiger partial charge in [0.15, 0.2) is 5.13 Å². The maximum Gasteiger partial charge on any atom is 0.243 e. The van der Waals surface area contributed by atoms with Crippen LogP contribution in [0.2, 0.25) is 0 Å². The summed E-state index contributed by atoms with van der Waals surface area (Å²) in [6.45, 7) is 4.68. The zero-order chi connectivity index (χ0) is 21.3. The first-order chi connectivity index (χ1) is 14.3. The van der Waals surface area contributed by atoms with E-state index in [1.54, 1.807) is 0 Å². The fourth-order valence-electron chi connectivity index (χ4n) is 3.67.